The van der Waals surface area contributed by atoms with Crippen LogP contribution in [0.15, 0.2) is 18.2 Å². The van der Waals surface area contributed by atoms with Crippen molar-refractivity contribution in [3.05, 3.63) is 34.9 Å². The number of benzene rings is 1. The monoisotopic (exact) mass is 262 g/mol. The second-order valence-electron chi connectivity index (χ2n) is 5.51. The van der Waals surface area contributed by atoms with Crippen molar-refractivity contribution in [3.63, 3.8) is 0 Å². The fourth-order valence-electron chi connectivity index (χ4n) is 2.37. The zero-order valence-electron chi connectivity index (χ0n) is 11.6. The molecular formula is C15H22N2O2. The summed E-state index contributed by atoms with van der Waals surface area (Å²) in [5.74, 6) is 0.466. The molecule has 4 nitrogen and oxygen atoms in total. The van der Waals surface area contributed by atoms with Crippen molar-refractivity contribution in [2.75, 3.05) is 6.54 Å². The molecule has 1 aliphatic heterocycles. The summed E-state index contributed by atoms with van der Waals surface area (Å²) in [6.45, 7) is 5.97. The van der Waals surface area contributed by atoms with E-state index in [4.69, 9.17) is 10.5 Å². The Kier molecular flexibility index (Phi) is 4.56. The molecule has 0 aromatic heterocycles. The Bertz CT molecular complexity index is 457. The highest BCUT2D eigenvalue weighted by atomic mass is 16.5. The number of fused-ring (bicyclic) bond motifs is 1. The van der Waals surface area contributed by atoms with Crippen molar-refractivity contribution in [3.8, 4) is 0 Å². The maximum atomic E-state index is 12.2. The Morgan fingerprint density at radius 3 is 2.79 bits per heavy atom. The average molecular weight is 262 g/mol. The molecule has 0 spiro atoms. The van der Waals surface area contributed by atoms with Gasteiger partial charge >= 0.3 is 0 Å². The lowest BCUT2D eigenvalue weighted by Gasteiger charge is -2.19. The molecule has 1 heterocycles. The number of hydrogen-bond donors (Lipinski definition) is 2. The van der Waals surface area contributed by atoms with Crippen LogP contribution in [0.5, 0.6) is 0 Å². The van der Waals surface area contributed by atoms with Gasteiger partial charge in [-0.1, -0.05) is 19.9 Å². The molecule has 4 heteroatoms. The fourth-order valence-corrected chi connectivity index (χ4v) is 2.37. The standard InChI is InChI=1S/C15H22N2O2/c1-10(2)5-14(7-16)17-15(18)11-3-4-12-8-19-9-13(12)6-11/h3-4,6,10,14H,5,7-9,16H2,1-2H3,(H,17,18). The molecule has 0 bridgehead atoms. The van der Waals surface area contributed by atoms with Crippen molar-refractivity contribution in [1.82, 2.24) is 5.32 Å². The van der Waals surface area contributed by atoms with E-state index in [-0.39, 0.29) is 11.9 Å². The third-order valence-electron chi connectivity index (χ3n) is 3.36. The smallest absolute Gasteiger partial charge is 0.251 e. The first-order chi connectivity index (χ1) is 9.10. The van der Waals surface area contributed by atoms with E-state index >= 15 is 0 Å². The molecule has 104 valence electrons. The van der Waals surface area contributed by atoms with Gasteiger partial charge in [-0.25, -0.2) is 0 Å². The highest BCUT2D eigenvalue weighted by Gasteiger charge is 2.17. The summed E-state index contributed by atoms with van der Waals surface area (Å²) in [6, 6.07) is 5.78. The van der Waals surface area contributed by atoms with Gasteiger partial charge in [0.15, 0.2) is 0 Å². The zero-order valence-corrected chi connectivity index (χ0v) is 11.6. The van der Waals surface area contributed by atoms with Crippen molar-refractivity contribution in [1.29, 1.82) is 0 Å². The first kappa shape index (κ1) is 14.0. The molecule has 1 aromatic rings. The molecule has 19 heavy (non-hydrogen) atoms. The summed E-state index contributed by atoms with van der Waals surface area (Å²) >= 11 is 0. The first-order valence-electron chi connectivity index (χ1n) is 6.80. The zero-order chi connectivity index (χ0) is 13.8. The third-order valence-corrected chi connectivity index (χ3v) is 3.36. The van der Waals surface area contributed by atoms with Gasteiger partial charge in [-0.15, -0.1) is 0 Å². The third kappa shape index (κ3) is 3.55. The lowest BCUT2D eigenvalue weighted by molar-refractivity contribution is 0.0933. The maximum Gasteiger partial charge on any atom is 0.251 e. The predicted molar refractivity (Wildman–Crippen MR) is 74.7 cm³/mol. The van der Waals surface area contributed by atoms with Crippen LogP contribution in [-0.4, -0.2) is 18.5 Å². The van der Waals surface area contributed by atoms with Crippen molar-refractivity contribution in [2.24, 2.45) is 11.7 Å². The largest absolute Gasteiger partial charge is 0.372 e. The fraction of sp³-hybridized carbons (Fsp3) is 0.533. The second-order valence-corrected chi connectivity index (χ2v) is 5.51. The summed E-state index contributed by atoms with van der Waals surface area (Å²) in [4.78, 5) is 12.2. The predicted octanol–water partition coefficient (Wildman–Crippen LogP) is 1.82. The van der Waals surface area contributed by atoms with Gasteiger partial charge < -0.3 is 15.8 Å². The lowest BCUT2D eigenvalue weighted by Crippen LogP contribution is -2.41. The SMILES string of the molecule is CC(C)CC(CN)NC(=O)c1ccc2c(c1)COC2. The molecule has 2 rings (SSSR count). The van der Waals surface area contributed by atoms with E-state index in [0.29, 0.717) is 31.2 Å². The van der Waals surface area contributed by atoms with Crippen LogP contribution in [0.4, 0.5) is 0 Å². The van der Waals surface area contributed by atoms with Gasteiger partial charge in [0.1, 0.15) is 0 Å². The minimum Gasteiger partial charge on any atom is -0.372 e. The average Bonchev–Trinajstić information content (AvgIpc) is 2.84. The number of rotatable bonds is 5. The molecule has 0 aliphatic carbocycles. The number of carbonyl (C=O) groups is 1. The summed E-state index contributed by atoms with van der Waals surface area (Å²) in [5, 5.41) is 3.00. The van der Waals surface area contributed by atoms with E-state index in [0.717, 1.165) is 12.0 Å². The first-order valence-corrected chi connectivity index (χ1v) is 6.80. The Labute approximate surface area is 114 Å². The minimum absolute atomic E-state index is 0.0389. The molecule has 1 aromatic carbocycles. The van der Waals surface area contributed by atoms with Gasteiger partial charge in [0.25, 0.3) is 5.91 Å². The van der Waals surface area contributed by atoms with E-state index in [9.17, 15) is 4.79 Å². The molecule has 0 saturated heterocycles. The molecule has 1 amide bonds. The molecule has 1 aliphatic rings. The van der Waals surface area contributed by atoms with Gasteiger partial charge in [0, 0.05) is 18.2 Å². The van der Waals surface area contributed by atoms with Crippen LogP contribution >= 0.6 is 0 Å². The van der Waals surface area contributed by atoms with Crippen molar-refractivity contribution >= 4 is 5.91 Å². The van der Waals surface area contributed by atoms with Crippen LogP contribution in [0.25, 0.3) is 0 Å². The summed E-state index contributed by atoms with van der Waals surface area (Å²) in [5.41, 5.74) is 8.68. The van der Waals surface area contributed by atoms with Gasteiger partial charge in [-0.3, -0.25) is 4.79 Å². The van der Waals surface area contributed by atoms with Gasteiger partial charge in [0.05, 0.1) is 13.2 Å². The van der Waals surface area contributed by atoms with E-state index in [1.165, 1.54) is 5.56 Å². The molecule has 0 fully saturated rings. The van der Waals surface area contributed by atoms with E-state index in [2.05, 4.69) is 19.2 Å². The minimum atomic E-state index is -0.0502. The Balaban J connectivity index is 2.03. The molecule has 3 N–H and O–H groups in total. The van der Waals surface area contributed by atoms with E-state index in [1.807, 2.05) is 18.2 Å². The van der Waals surface area contributed by atoms with E-state index in [1.54, 1.807) is 0 Å². The Morgan fingerprint density at radius 2 is 2.11 bits per heavy atom. The van der Waals surface area contributed by atoms with E-state index < -0.39 is 0 Å². The number of ether oxygens (including phenoxy) is 1. The van der Waals surface area contributed by atoms with Crippen molar-refractivity contribution < 1.29 is 9.53 Å². The van der Waals surface area contributed by atoms with Gasteiger partial charge in [0.2, 0.25) is 0 Å². The van der Waals surface area contributed by atoms with Gasteiger partial charge in [-0.05, 0) is 35.6 Å². The van der Waals surface area contributed by atoms with Crippen molar-refractivity contribution in [2.45, 2.75) is 39.5 Å². The topological polar surface area (TPSA) is 64.3 Å². The highest BCUT2D eigenvalue weighted by Crippen LogP contribution is 2.20. The maximum absolute atomic E-state index is 12.2. The normalized spacial score (nSPS) is 15.4. The lowest BCUT2D eigenvalue weighted by atomic mass is 10.0. The molecule has 1 unspecified atom stereocenters. The van der Waals surface area contributed by atoms with Crippen LogP contribution in [0, 0.1) is 5.92 Å². The number of nitrogens with two attached hydrogens (primary N) is 1. The number of hydrogen-bond acceptors (Lipinski definition) is 3. The van der Waals surface area contributed by atoms with Crippen LogP contribution < -0.4 is 11.1 Å². The van der Waals surface area contributed by atoms with Crippen LogP contribution in [0.3, 0.4) is 0 Å². The molecular weight excluding hydrogens is 240 g/mol. The Morgan fingerprint density at radius 1 is 1.37 bits per heavy atom. The molecule has 1 atom stereocenters. The second kappa shape index (κ2) is 6.17. The number of nitrogens with one attached hydrogen (secondary N) is 1. The highest BCUT2D eigenvalue weighted by molar-refractivity contribution is 5.94. The van der Waals surface area contributed by atoms with Crippen LogP contribution in [0.1, 0.15) is 41.8 Å². The van der Waals surface area contributed by atoms with Gasteiger partial charge in [-0.2, -0.15) is 0 Å². The summed E-state index contributed by atoms with van der Waals surface area (Å²) in [7, 11) is 0. The summed E-state index contributed by atoms with van der Waals surface area (Å²) < 4.78 is 5.35. The number of carbonyl (C=O) groups excluding carboxylic acids is 1. The Hall–Kier alpha value is -1.39. The number of amides is 1. The molecule has 0 saturated carbocycles. The quantitative estimate of drug-likeness (QED) is 0.850. The van der Waals surface area contributed by atoms with Crippen LogP contribution in [-0.2, 0) is 18.0 Å². The van der Waals surface area contributed by atoms with Crippen LogP contribution in [0.2, 0.25) is 0 Å². The summed E-state index contributed by atoms with van der Waals surface area (Å²) in [6.07, 6.45) is 0.899. The molecule has 0 radical (unpaired) electrons.